The van der Waals surface area contributed by atoms with E-state index < -0.39 is 6.09 Å². The van der Waals surface area contributed by atoms with Crippen LogP contribution in [0.2, 0.25) is 0 Å². The highest BCUT2D eigenvalue weighted by Crippen LogP contribution is 2.22. The quantitative estimate of drug-likeness (QED) is 0.840. The van der Waals surface area contributed by atoms with E-state index in [2.05, 4.69) is 10.6 Å². The van der Waals surface area contributed by atoms with Gasteiger partial charge in [-0.15, -0.1) is 0 Å². The second kappa shape index (κ2) is 8.19. The van der Waals surface area contributed by atoms with Crippen LogP contribution in [0.15, 0.2) is 18.2 Å². The molecule has 2 amide bonds. The van der Waals surface area contributed by atoms with Crippen molar-refractivity contribution in [2.45, 2.75) is 33.6 Å². The molecule has 0 aliphatic carbocycles. The minimum Gasteiger partial charge on any atom is -0.450 e. The van der Waals surface area contributed by atoms with Crippen LogP contribution >= 0.6 is 0 Å². The Bertz CT molecular complexity index is 450. The molecule has 110 valence electrons. The van der Waals surface area contributed by atoms with Gasteiger partial charge in [-0.2, -0.15) is 0 Å². The van der Waals surface area contributed by atoms with E-state index >= 15 is 0 Å². The molecule has 0 spiro atoms. The summed E-state index contributed by atoms with van der Waals surface area (Å²) >= 11 is 0. The molecule has 0 fully saturated rings. The van der Waals surface area contributed by atoms with Crippen molar-refractivity contribution >= 4 is 17.7 Å². The Morgan fingerprint density at radius 2 is 1.70 bits per heavy atom. The van der Waals surface area contributed by atoms with Gasteiger partial charge in [-0.25, -0.2) is 4.79 Å². The van der Waals surface area contributed by atoms with Crippen molar-refractivity contribution in [3.05, 3.63) is 29.3 Å². The van der Waals surface area contributed by atoms with Gasteiger partial charge in [-0.05, 0) is 30.9 Å². The van der Waals surface area contributed by atoms with E-state index in [1.165, 1.54) is 0 Å². The van der Waals surface area contributed by atoms with Crippen molar-refractivity contribution in [2.24, 2.45) is 0 Å². The fourth-order valence-corrected chi connectivity index (χ4v) is 1.92. The summed E-state index contributed by atoms with van der Waals surface area (Å²) in [6, 6.07) is 5.98. The molecule has 0 saturated carbocycles. The Morgan fingerprint density at radius 1 is 1.10 bits per heavy atom. The molecule has 0 atom stereocenters. The fraction of sp³-hybridized carbons (Fsp3) is 0.467. The van der Waals surface area contributed by atoms with Gasteiger partial charge in [0, 0.05) is 5.69 Å². The summed E-state index contributed by atoms with van der Waals surface area (Å²) in [6.07, 6.45) is 1.10. The van der Waals surface area contributed by atoms with Crippen LogP contribution in [0.1, 0.15) is 31.9 Å². The normalized spacial score (nSPS) is 9.95. The first kappa shape index (κ1) is 16.0. The number of anilines is 1. The fourth-order valence-electron chi connectivity index (χ4n) is 1.92. The van der Waals surface area contributed by atoms with Gasteiger partial charge in [0.15, 0.2) is 0 Å². The van der Waals surface area contributed by atoms with Crippen molar-refractivity contribution in [3.8, 4) is 0 Å². The number of aryl methyl sites for hydroxylation is 2. The van der Waals surface area contributed by atoms with Gasteiger partial charge in [0.1, 0.15) is 6.54 Å². The predicted octanol–water partition coefficient (Wildman–Crippen LogP) is 2.50. The van der Waals surface area contributed by atoms with E-state index in [4.69, 9.17) is 4.74 Å². The van der Waals surface area contributed by atoms with Crippen LogP contribution in [0.3, 0.4) is 0 Å². The zero-order valence-corrected chi connectivity index (χ0v) is 12.3. The molecular formula is C15H22N2O3. The maximum Gasteiger partial charge on any atom is 0.407 e. The van der Waals surface area contributed by atoms with Crippen LogP contribution in [-0.4, -0.2) is 25.2 Å². The third-order valence-corrected chi connectivity index (χ3v) is 2.93. The molecule has 0 saturated heterocycles. The molecule has 1 aromatic rings. The molecule has 0 aliphatic rings. The Kier molecular flexibility index (Phi) is 6.56. The highest BCUT2D eigenvalue weighted by Gasteiger charge is 2.11. The number of hydrogen-bond acceptors (Lipinski definition) is 3. The Morgan fingerprint density at radius 3 is 2.20 bits per heavy atom. The molecule has 2 N–H and O–H groups in total. The molecule has 1 rings (SSSR count). The maximum absolute atomic E-state index is 11.9. The number of amides is 2. The third kappa shape index (κ3) is 4.57. The van der Waals surface area contributed by atoms with Gasteiger partial charge < -0.3 is 15.4 Å². The molecule has 0 heterocycles. The zero-order valence-electron chi connectivity index (χ0n) is 12.3. The van der Waals surface area contributed by atoms with Crippen molar-refractivity contribution in [1.82, 2.24) is 5.32 Å². The van der Waals surface area contributed by atoms with Crippen LogP contribution in [0.5, 0.6) is 0 Å². The number of para-hydroxylation sites is 1. The number of ether oxygens (including phenoxy) is 1. The van der Waals surface area contributed by atoms with Crippen molar-refractivity contribution in [3.63, 3.8) is 0 Å². The molecule has 0 bridgehead atoms. The van der Waals surface area contributed by atoms with Crippen LogP contribution < -0.4 is 10.6 Å². The van der Waals surface area contributed by atoms with Crippen molar-refractivity contribution in [2.75, 3.05) is 18.5 Å². The van der Waals surface area contributed by atoms with E-state index in [0.29, 0.717) is 0 Å². The van der Waals surface area contributed by atoms with Crippen molar-refractivity contribution < 1.29 is 14.3 Å². The number of rotatable bonds is 6. The topological polar surface area (TPSA) is 67.4 Å². The summed E-state index contributed by atoms with van der Waals surface area (Å²) < 4.78 is 4.70. The van der Waals surface area contributed by atoms with Gasteiger partial charge in [0.2, 0.25) is 5.91 Å². The molecular weight excluding hydrogens is 256 g/mol. The summed E-state index contributed by atoms with van der Waals surface area (Å²) in [6.45, 7) is 5.99. The average Bonchev–Trinajstić information content (AvgIpc) is 2.45. The number of hydrogen-bond donors (Lipinski definition) is 2. The second-order valence-electron chi connectivity index (χ2n) is 4.28. The smallest absolute Gasteiger partial charge is 0.407 e. The van der Waals surface area contributed by atoms with E-state index in [0.717, 1.165) is 29.7 Å². The van der Waals surface area contributed by atoms with E-state index in [-0.39, 0.29) is 19.1 Å². The van der Waals surface area contributed by atoms with Gasteiger partial charge in [-0.1, -0.05) is 32.0 Å². The monoisotopic (exact) mass is 278 g/mol. The SMILES string of the molecule is CCOC(=O)NCC(=O)Nc1c(CC)cccc1CC. The molecule has 5 heteroatoms. The molecule has 20 heavy (non-hydrogen) atoms. The third-order valence-electron chi connectivity index (χ3n) is 2.93. The predicted molar refractivity (Wildman–Crippen MR) is 78.9 cm³/mol. The van der Waals surface area contributed by atoms with Crippen molar-refractivity contribution in [1.29, 1.82) is 0 Å². The summed E-state index contributed by atoms with van der Waals surface area (Å²) in [5.74, 6) is -0.256. The Labute approximate surface area is 119 Å². The highest BCUT2D eigenvalue weighted by atomic mass is 16.5. The van der Waals surface area contributed by atoms with E-state index in [9.17, 15) is 9.59 Å². The molecule has 0 unspecified atom stereocenters. The maximum atomic E-state index is 11.9. The van der Waals surface area contributed by atoms with Crippen LogP contribution in [-0.2, 0) is 22.4 Å². The molecule has 0 aliphatic heterocycles. The minimum atomic E-state index is -0.581. The second-order valence-corrected chi connectivity index (χ2v) is 4.28. The van der Waals surface area contributed by atoms with Crippen LogP contribution in [0.25, 0.3) is 0 Å². The molecule has 1 aromatic carbocycles. The first-order chi connectivity index (χ1) is 9.62. The number of nitrogens with one attached hydrogen (secondary N) is 2. The molecule has 5 nitrogen and oxygen atoms in total. The highest BCUT2D eigenvalue weighted by molar-refractivity contribution is 5.95. The number of benzene rings is 1. The lowest BCUT2D eigenvalue weighted by molar-refractivity contribution is -0.115. The summed E-state index contributed by atoms with van der Waals surface area (Å²) in [7, 11) is 0. The van der Waals surface area contributed by atoms with Gasteiger partial charge >= 0.3 is 6.09 Å². The summed E-state index contributed by atoms with van der Waals surface area (Å²) in [5, 5.41) is 5.27. The van der Waals surface area contributed by atoms with Gasteiger partial charge in [0.25, 0.3) is 0 Å². The standard InChI is InChI=1S/C15H22N2O3/c1-4-11-8-7-9-12(5-2)14(11)17-13(18)10-16-15(19)20-6-3/h7-9H,4-6,10H2,1-3H3,(H,16,19)(H,17,18). The Hall–Kier alpha value is -2.04. The van der Waals surface area contributed by atoms with Gasteiger partial charge in [-0.3, -0.25) is 4.79 Å². The number of carbonyl (C=O) groups is 2. The Balaban J connectivity index is 2.68. The lowest BCUT2D eigenvalue weighted by Gasteiger charge is -2.14. The van der Waals surface area contributed by atoms with E-state index in [1.54, 1.807) is 6.92 Å². The van der Waals surface area contributed by atoms with E-state index in [1.807, 2.05) is 32.0 Å². The van der Waals surface area contributed by atoms with Crippen LogP contribution in [0.4, 0.5) is 10.5 Å². The zero-order chi connectivity index (χ0) is 15.0. The van der Waals surface area contributed by atoms with Crippen LogP contribution in [0, 0.1) is 0 Å². The first-order valence-corrected chi connectivity index (χ1v) is 6.93. The summed E-state index contributed by atoms with van der Waals surface area (Å²) in [5.41, 5.74) is 3.04. The minimum absolute atomic E-state index is 0.0972. The largest absolute Gasteiger partial charge is 0.450 e. The summed E-state index contributed by atoms with van der Waals surface area (Å²) in [4.78, 5) is 23.0. The first-order valence-electron chi connectivity index (χ1n) is 6.93. The molecule has 0 aromatic heterocycles. The lowest BCUT2D eigenvalue weighted by Crippen LogP contribution is -2.33. The average molecular weight is 278 g/mol. The number of carbonyl (C=O) groups excluding carboxylic acids is 2. The van der Waals surface area contributed by atoms with Gasteiger partial charge in [0.05, 0.1) is 6.61 Å². The molecule has 0 radical (unpaired) electrons. The lowest BCUT2D eigenvalue weighted by atomic mass is 10.0. The number of alkyl carbamates (subject to hydrolysis) is 1.